The smallest absolute Gasteiger partial charge is 0.410 e. The van der Waals surface area contributed by atoms with Crippen LogP contribution in [0.25, 0.3) is 11.4 Å². The summed E-state index contributed by atoms with van der Waals surface area (Å²) < 4.78 is 11.3. The number of ether oxygens (including phenoxy) is 2. The third-order valence-electron chi connectivity index (χ3n) is 4.67. The number of carbonyl (C=O) groups is 1. The van der Waals surface area contributed by atoms with Gasteiger partial charge < -0.3 is 9.47 Å². The van der Waals surface area contributed by atoms with Gasteiger partial charge in [0, 0.05) is 17.3 Å². The minimum atomic E-state index is -0.521. The molecule has 1 amide bonds. The molecule has 2 heterocycles. The van der Waals surface area contributed by atoms with E-state index in [1.807, 2.05) is 75.4 Å². The molecule has 0 N–H and O–H groups in total. The molecule has 1 aromatic heterocycles. The van der Waals surface area contributed by atoms with Crippen LogP contribution < -0.4 is 4.74 Å². The minimum absolute atomic E-state index is 0.332. The van der Waals surface area contributed by atoms with Crippen molar-refractivity contribution in [2.24, 2.45) is 0 Å². The fourth-order valence-corrected chi connectivity index (χ4v) is 3.19. The summed E-state index contributed by atoms with van der Waals surface area (Å²) in [4.78, 5) is 23.1. The summed E-state index contributed by atoms with van der Waals surface area (Å²) in [5.74, 6) is 1.43. The van der Waals surface area contributed by atoms with Crippen molar-refractivity contribution >= 4 is 6.09 Å². The first kappa shape index (κ1) is 19.9. The van der Waals surface area contributed by atoms with E-state index in [-0.39, 0.29) is 6.09 Å². The van der Waals surface area contributed by atoms with E-state index in [1.165, 1.54) is 0 Å². The van der Waals surface area contributed by atoms with Crippen LogP contribution in [-0.2, 0) is 24.4 Å². The predicted molar refractivity (Wildman–Crippen MR) is 114 cm³/mol. The van der Waals surface area contributed by atoms with Crippen LogP contribution in [0.2, 0.25) is 0 Å². The van der Waals surface area contributed by atoms with Gasteiger partial charge in [0.05, 0.1) is 18.8 Å². The van der Waals surface area contributed by atoms with Gasteiger partial charge in [0.15, 0.2) is 5.82 Å². The van der Waals surface area contributed by atoms with Crippen molar-refractivity contribution in [3.8, 4) is 17.1 Å². The molecule has 30 heavy (non-hydrogen) atoms. The second-order valence-corrected chi connectivity index (χ2v) is 8.30. The molecule has 0 saturated carbocycles. The fraction of sp³-hybridized carbons (Fsp3) is 0.292. The molecule has 0 fully saturated rings. The molecule has 3 aromatic rings. The van der Waals surface area contributed by atoms with Crippen molar-refractivity contribution in [3.05, 3.63) is 77.6 Å². The van der Waals surface area contributed by atoms with Crippen LogP contribution in [-0.4, -0.2) is 26.6 Å². The van der Waals surface area contributed by atoms with Crippen LogP contribution in [0.15, 0.2) is 60.8 Å². The topological polar surface area (TPSA) is 64.5 Å². The Bertz CT molecular complexity index is 1030. The van der Waals surface area contributed by atoms with Crippen LogP contribution in [0.4, 0.5) is 4.79 Å². The number of nitrogens with zero attached hydrogens (tertiary/aromatic N) is 3. The lowest BCUT2D eigenvalue weighted by Crippen LogP contribution is -2.33. The molecule has 154 valence electrons. The van der Waals surface area contributed by atoms with Gasteiger partial charge in [0.1, 0.15) is 18.0 Å². The van der Waals surface area contributed by atoms with E-state index in [0.717, 1.165) is 28.1 Å². The molecule has 1 aliphatic rings. The summed E-state index contributed by atoms with van der Waals surface area (Å²) in [6.45, 7) is 7.00. The van der Waals surface area contributed by atoms with Gasteiger partial charge in [-0.2, -0.15) is 0 Å². The molecular formula is C24H25N3O3. The van der Waals surface area contributed by atoms with Gasteiger partial charge in [-0.25, -0.2) is 14.8 Å². The molecule has 0 saturated heterocycles. The van der Waals surface area contributed by atoms with Crippen LogP contribution in [0, 0.1) is 0 Å². The van der Waals surface area contributed by atoms with Crippen LogP contribution in [0.1, 0.15) is 37.6 Å². The lowest BCUT2D eigenvalue weighted by Gasteiger charge is -2.23. The molecule has 0 bridgehead atoms. The second-order valence-electron chi connectivity index (χ2n) is 8.30. The van der Waals surface area contributed by atoms with E-state index in [1.54, 1.807) is 11.1 Å². The summed E-state index contributed by atoms with van der Waals surface area (Å²) >= 11 is 0. The van der Waals surface area contributed by atoms with E-state index in [9.17, 15) is 4.79 Å². The van der Waals surface area contributed by atoms with Gasteiger partial charge in [-0.15, -0.1) is 0 Å². The van der Waals surface area contributed by atoms with Gasteiger partial charge in [-0.1, -0.05) is 30.3 Å². The summed E-state index contributed by atoms with van der Waals surface area (Å²) in [5, 5.41) is 0. The average Bonchev–Trinajstić information content (AvgIpc) is 3.16. The molecule has 4 rings (SSSR count). The maximum absolute atomic E-state index is 12.3. The number of amides is 1. The highest BCUT2D eigenvalue weighted by molar-refractivity contribution is 5.69. The quantitative estimate of drug-likeness (QED) is 0.615. The Morgan fingerprint density at radius 1 is 1.03 bits per heavy atom. The molecule has 0 unspecified atom stereocenters. The molecule has 0 atom stereocenters. The first-order valence-corrected chi connectivity index (χ1v) is 9.97. The van der Waals surface area contributed by atoms with Crippen molar-refractivity contribution in [1.82, 2.24) is 14.9 Å². The van der Waals surface area contributed by atoms with Gasteiger partial charge in [0.25, 0.3) is 0 Å². The van der Waals surface area contributed by atoms with Crippen LogP contribution in [0.3, 0.4) is 0 Å². The summed E-state index contributed by atoms with van der Waals surface area (Å²) in [7, 11) is 0. The van der Waals surface area contributed by atoms with Crippen molar-refractivity contribution in [2.75, 3.05) is 0 Å². The molecule has 1 aliphatic heterocycles. The molecule has 6 nitrogen and oxygen atoms in total. The SMILES string of the molecule is CC(C)(C)OC(=O)N1Cc2cnc(-c3ccc(OCc4ccccc4)cc3)nc2C1. The molecule has 0 aliphatic carbocycles. The van der Waals surface area contributed by atoms with Crippen LogP contribution >= 0.6 is 0 Å². The van der Waals surface area contributed by atoms with E-state index in [2.05, 4.69) is 9.97 Å². The normalized spacial score (nSPS) is 13.1. The molecule has 2 aromatic carbocycles. The molecule has 6 heteroatoms. The van der Waals surface area contributed by atoms with Gasteiger partial charge in [-0.3, -0.25) is 4.90 Å². The summed E-state index contributed by atoms with van der Waals surface area (Å²) in [6, 6.07) is 17.8. The molecule has 0 spiro atoms. The lowest BCUT2D eigenvalue weighted by atomic mass is 10.2. The zero-order valence-corrected chi connectivity index (χ0v) is 17.5. The number of benzene rings is 2. The van der Waals surface area contributed by atoms with Crippen molar-refractivity contribution in [3.63, 3.8) is 0 Å². The number of aromatic nitrogens is 2. The predicted octanol–water partition coefficient (Wildman–Crippen LogP) is 4.97. The van der Waals surface area contributed by atoms with Gasteiger partial charge in [0.2, 0.25) is 0 Å². The molecular weight excluding hydrogens is 378 g/mol. The first-order valence-electron chi connectivity index (χ1n) is 9.97. The number of carbonyl (C=O) groups excluding carboxylic acids is 1. The highest BCUT2D eigenvalue weighted by atomic mass is 16.6. The minimum Gasteiger partial charge on any atom is -0.489 e. The Morgan fingerprint density at radius 3 is 2.47 bits per heavy atom. The molecule has 0 radical (unpaired) electrons. The Labute approximate surface area is 176 Å². The highest BCUT2D eigenvalue weighted by Crippen LogP contribution is 2.26. The van der Waals surface area contributed by atoms with Crippen LogP contribution in [0.5, 0.6) is 5.75 Å². The second kappa shape index (κ2) is 8.14. The van der Waals surface area contributed by atoms with E-state index in [4.69, 9.17) is 9.47 Å². The zero-order chi connectivity index (χ0) is 21.1. The maximum Gasteiger partial charge on any atom is 0.410 e. The third kappa shape index (κ3) is 4.76. The monoisotopic (exact) mass is 403 g/mol. The Hall–Kier alpha value is -3.41. The average molecular weight is 403 g/mol. The number of hydrogen-bond acceptors (Lipinski definition) is 5. The highest BCUT2D eigenvalue weighted by Gasteiger charge is 2.29. The van der Waals surface area contributed by atoms with Crippen molar-refractivity contribution in [1.29, 1.82) is 0 Å². The van der Waals surface area contributed by atoms with E-state index < -0.39 is 5.60 Å². The number of fused-ring (bicyclic) bond motifs is 1. The Morgan fingerprint density at radius 2 is 1.77 bits per heavy atom. The van der Waals surface area contributed by atoms with Gasteiger partial charge >= 0.3 is 6.09 Å². The number of rotatable bonds is 4. The van der Waals surface area contributed by atoms with Gasteiger partial charge in [-0.05, 0) is 50.6 Å². The van der Waals surface area contributed by atoms with E-state index in [0.29, 0.717) is 25.5 Å². The van der Waals surface area contributed by atoms with Crippen molar-refractivity contribution in [2.45, 2.75) is 46.1 Å². The summed E-state index contributed by atoms with van der Waals surface area (Å²) in [5.41, 5.74) is 3.31. The Kier molecular flexibility index (Phi) is 5.40. The summed E-state index contributed by atoms with van der Waals surface area (Å²) in [6.07, 6.45) is 1.46. The van der Waals surface area contributed by atoms with Crippen molar-refractivity contribution < 1.29 is 14.3 Å². The Balaban J connectivity index is 1.41. The number of hydrogen-bond donors (Lipinski definition) is 0. The fourth-order valence-electron chi connectivity index (χ4n) is 3.19. The third-order valence-corrected chi connectivity index (χ3v) is 4.67. The first-order chi connectivity index (χ1) is 14.4. The maximum atomic E-state index is 12.3. The van der Waals surface area contributed by atoms with E-state index >= 15 is 0 Å². The lowest BCUT2D eigenvalue weighted by molar-refractivity contribution is 0.0240. The zero-order valence-electron chi connectivity index (χ0n) is 17.5. The largest absolute Gasteiger partial charge is 0.489 e. The standard InChI is InChI=1S/C24H25N3O3/c1-24(2,3)30-23(28)27-14-19-13-25-22(26-21(19)15-27)18-9-11-20(12-10-18)29-16-17-7-5-4-6-8-17/h4-13H,14-16H2,1-3H3.